The fourth-order valence-electron chi connectivity index (χ4n) is 4.77. The topological polar surface area (TPSA) is 23.8 Å². The van der Waals surface area contributed by atoms with E-state index in [2.05, 4.69) is 13.0 Å². The predicted octanol–water partition coefficient (Wildman–Crippen LogP) is 7.11. The van der Waals surface area contributed by atoms with E-state index in [0.717, 1.165) is 17.8 Å². The lowest BCUT2D eigenvalue weighted by Crippen LogP contribution is -2.25. The first-order valence-corrected chi connectivity index (χ1v) is 10.2. The maximum Gasteiger partial charge on any atom is 0.199 e. The number of unbranched alkanes of at least 4 members (excludes halogenated alkanes) is 2. The van der Waals surface area contributed by atoms with Gasteiger partial charge in [-0.25, -0.2) is 0 Å². The van der Waals surface area contributed by atoms with E-state index >= 15 is 0 Å². The van der Waals surface area contributed by atoms with Gasteiger partial charge in [0.15, 0.2) is 5.83 Å². The minimum atomic E-state index is -0.698. The van der Waals surface area contributed by atoms with Crippen molar-refractivity contribution < 1.29 is 4.39 Å². The lowest BCUT2D eigenvalue weighted by atomic mass is 9.68. The summed E-state index contributed by atoms with van der Waals surface area (Å²) in [6.07, 6.45) is 21.7. The van der Waals surface area contributed by atoms with Gasteiger partial charge >= 0.3 is 0 Å². The molecule has 2 aliphatic rings. The Bertz CT molecular complexity index is 443. The number of nitrogens with zero attached hydrogens (tertiary/aromatic N) is 1. The Labute approximate surface area is 148 Å². The molecule has 1 nitrogen and oxygen atoms in total. The van der Waals surface area contributed by atoms with Gasteiger partial charge in [-0.2, -0.15) is 9.65 Å². The van der Waals surface area contributed by atoms with Crippen LogP contribution in [0.3, 0.4) is 0 Å². The summed E-state index contributed by atoms with van der Waals surface area (Å²) in [5, 5.41) is 8.40. The van der Waals surface area contributed by atoms with Crippen LogP contribution in [0.15, 0.2) is 24.1 Å². The predicted molar refractivity (Wildman–Crippen MR) is 99.0 cm³/mol. The van der Waals surface area contributed by atoms with E-state index in [1.54, 1.807) is 6.08 Å². The summed E-state index contributed by atoms with van der Waals surface area (Å²) in [6.45, 7) is 2.29. The number of nitriles is 1. The van der Waals surface area contributed by atoms with Crippen LogP contribution in [0.2, 0.25) is 0 Å². The fourth-order valence-corrected chi connectivity index (χ4v) is 4.77. The van der Waals surface area contributed by atoms with Crippen LogP contribution in [0, 0.1) is 35.0 Å². The number of halogens is 1. The Morgan fingerprint density at radius 3 is 2.21 bits per heavy atom. The summed E-state index contributed by atoms with van der Waals surface area (Å²) >= 11 is 0. The summed E-state index contributed by atoms with van der Waals surface area (Å²) in [7, 11) is 0. The molecule has 0 radical (unpaired) electrons. The zero-order valence-electron chi connectivity index (χ0n) is 15.4. The maximum absolute atomic E-state index is 12.8. The maximum atomic E-state index is 12.8. The molecule has 2 heteroatoms. The third-order valence-electron chi connectivity index (χ3n) is 6.32. The van der Waals surface area contributed by atoms with Crippen LogP contribution < -0.4 is 0 Å². The summed E-state index contributed by atoms with van der Waals surface area (Å²) < 4.78 is 12.8. The van der Waals surface area contributed by atoms with Crippen LogP contribution in [0.4, 0.5) is 4.39 Å². The zero-order chi connectivity index (χ0) is 17.2. The highest BCUT2D eigenvalue weighted by molar-refractivity contribution is 5.19. The second kappa shape index (κ2) is 10.7. The molecule has 0 spiro atoms. The molecule has 0 amide bonds. The van der Waals surface area contributed by atoms with Gasteiger partial charge in [0.2, 0.25) is 0 Å². The van der Waals surface area contributed by atoms with Gasteiger partial charge in [0.25, 0.3) is 0 Å². The lowest BCUT2D eigenvalue weighted by molar-refractivity contribution is 0.151. The smallest absolute Gasteiger partial charge is 0.195 e. The van der Waals surface area contributed by atoms with E-state index in [-0.39, 0.29) is 0 Å². The molecular formula is C22H34FN. The molecule has 24 heavy (non-hydrogen) atoms. The molecule has 0 unspecified atom stereocenters. The van der Waals surface area contributed by atoms with Crippen molar-refractivity contribution in [3.63, 3.8) is 0 Å². The average molecular weight is 332 g/mol. The van der Waals surface area contributed by atoms with Crippen LogP contribution in [0.1, 0.15) is 84.0 Å². The average Bonchev–Trinajstić information content (AvgIpc) is 2.63. The third-order valence-corrected chi connectivity index (χ3v) is 6.32. The molecule has 0 aromatic heterocycles. The third kappa shape index (κ3) is 6.42. The molecule has 0 saturated heterocycles. The molecule has 2 saturated carbocycles. The molecule has 2 fully saturated rings. The van der Waals surface area contributed by atoms with E-state index in [9.17, 15) is 4.39 Å². The molecule has 2 rings (SSSR count). The van der Waals surface area contributed by atoms with Crippen molar-refractivity contribution in [1.29, 1.82) is 5.26 Å². The lowest BCUT2D eigenvalue weighted by Gasteiger charge is -2.37. The molecule has 2 aliphatic carbocycles. The highest BCUT2D eigenvalue weighted by atomic mass is 19.1. The standard InChI is InChI=1S/C22H34FN/c1-2-3-4-6-18-9-13-20(14-10-18)21-15-11-19(12-16-21)7-5-8-22(23)17-24/h5,7-8,18-21H,2-4,6,9-16H2,1H3. The highest BCUT2D eigenvalue weighted by Crippen LogP contribution is 2.42. The Morgan fingerprint density at radius 2 is 1.62 bits per heavy atom. The second-order valence-electron chi connectivity index (χ2n) is 7.96. The molecule has 0 heterocycles. The quantitative estimate of drug-likeness (QED) is 0.277. The van der Waals surface area contributed by atoms with E-state index < -0.39 is 5.83 Å². The van der Waals surface area contributed by atoms with E-state index in [4.69, 9.17) is 5.26 Å². The van der Waals surface area contributed by atoms with Gasteiger partial charge in [-0.15, -0.1) is 0 Å². The number of rotatable bonds is 7. The Hall–Kier alpha value is -1.10. The van der Waals surface area contributed by atoms with Gasteiger partial charge < -0.3 is 0 Å². The van der Waals surface area contributed by atoms with Gasteiger partial charge in [-0.3, -0.25) is 0 Å². The Kier molecular flexibility index (Phi) is 8.57. The van der Waals surface area contributed by atoms with E-state index in [0.29, 0.717) is 5.92 Å². The van der Waals surface area contributed by atoms with Gasteiger partial charge in [-0.05, 0) is 68.3 Å². The molecule has 134 valence electrons. The Balaban J connectivity index is 1.66. The van der Waals surface area contributed by atoms with Crippen LogP contribution in [-0.2, 0) is 0 Å². The summed E-state index contributed by atoms with van der Waals surface area (Å²) in [4.78, 5) is 0. The fraction of sp³-hybridized carbons (Fsp3) is 0.773. The van der Waals surface area contributed by atoms with Crippen LogP contribution in [0.5, 0.6) is 0 Å². The monoisotopic (exact) mass is 331 g/mol. The van der Waals surface area contributed by atoms with Crippen LogP contribution in [-0.4, -0.2) is 0 Å². The van der Waals surface area contributed by atoms with Crippen molar-refractivity contribution in [1.82, 2.24) is 0 Å². The summed E-state index contributed by atoms with van der Waals surface area (Å²) in [6, 6.07) is 1.52. The molecule has 0 bridgehead atoms. The molecular weight excluding hydrogens is 297 g/mol. The molecule has 0 N–H and O–H groups in total. The van der Waals surface area contributed by atoms with Crippen molar-refractivity contribution in [3.8, 4) is 6.07 Å². The van der Waals surface area contributed by atoms with E-state index in [1.165, 1.54) is 89.2 Å². The molecule has 0 aromatic rings. The van der Waals surface area contributed by atoms with Crippen molar-refractivity contribution in [2.45, 2.75) is 84.0 Å². The first kappa shape index (κ1) is 19.2. The largest absolute Gasteiger partial charge is 0.199 e. The van der Waals surface area contributed by atoms with Crippen molar-refractivity contribution >= 4 is 0 Å². The van der Waals surface area contributed by atoms with Crippen LogP contribution >= 0.6 is 0 Å². The first-order chi connectivity index (χ1) is 11.7. The van der Waals surface area contributed by atoms with Gasteiger partial charge in [0, 0.05) is 0 Å². The Morgan fingerprint density at radius 1 is 1.00 bits per heavy atom. The highest BCUT2D eigenvalue weighted by Gasteiger charge is 2.30. The number of hydrogen-bond acceptors (Lipinski definition) is 1. The SMILES string of the molecule is CCCCCC1CCC(C2CCC(C=CC=C(F)C#N)CC2)CC1. The minimum Gasteiger partial charge on any atom is -0.195 e. The molecule has 0 aliphatic heterocycles. The first-order valence-electron chi connectivity index (χ1n) is 10.2. The molecule has 0 aromatic carbocycles. The summed E-state index contributed by atoms with van der Waals surface area (Å²) in [5.41, 5.74) is 0. The van der Waals surface area contributed by atoms with Gasteiger partial charge in [0.05, 0.1) is 0 Å². The number of hydrogen-bond donors (Lipinski definition) is 0. The zero-order valence-corrected chi connectivity index (χ0v) is 15.4. The van der Waals surface area contributed by atoms with Crippen molar-refractivity contribution in [2.75, 3.05) is 0 Å². The van der Waals surface area contributed by atoms with Crippen LogP contribution in [0.25, 0.3) is 0 Å². The van der Waals surface area contributed by atoms with Gasteiger partial charge in [-0.1, -0.05) is 57.6 Å². The number of allylic oxidation sites excluding steroid dienone is 4. The van der Waals surface area contributed by atoms with Crippen molar-refractivity contribution in [3.05, 3.63) is 24.1 Å². The van der Waals surface area contributed by atoms with Gasteiger partial charge in [0.1, 0.15) is 6.07 Å². The summed E-state index contributed by atoms with van der Waals surface area (Å²) in [5.74, 6) is 2.78. The second-order valence-corrected chi connectivity index (χ2v) is 7.96. The normalized spacial score (nSPS) is 32.0. The van der Waals surface area contributed by atoms with Crippen molar-refractivity contribution in [2.24, 2.45) is 23.7 Å². The molecule has 0 atom stereocenters. The van der Waals surface area contributed by atoms with E-state index in [1.807, 2.05) is 0 Å². The minimum absolute atomic E-state index is 0.578.